The second kappa shape index (κ2) is 18.1. The summed E-state index contributed by atoms with van der Waals surface area (Å²) < 4.78 is 33.2. The number of para-hydroxylation sites is 1. The standard InChI is InChI=1S/C17H27NO3.C17H14O4.ClH/c1-2-3-12-20-16-5-7-17(8-6-16)21-13-4-9-18-10-14-19-15-11-18;1-19-13-10-6-9-12-14(18)17(20-2)15(21-16(12)13)11-7-4-3-5-8-11;/h5-8H,2-4,9-15H2,1H3;3-10H,1-2H3;1H. The van der Waals surface area contributed by atoms with E-state index in [0.29, 0.717) is 22.5 Å². The summed E-state index contributed by atoms with van der Waals surface area (Å²) in [4.78, 5) is 15.0. The summed E-state index contributed by atoms with van der Waals surface area (Å²) in [6.45, 7) is 8.61. The van der Waals surface area contributed by atoms with E-state index in [1.807, 2.05) is 54.6 Å². The van der Waals surface area contributed by atoms with Gasteiger partial charge in [-0.1, -0.05) is 49.7 Å². The normalized spacial score (nSPS) is 12.9. The average Bonchev–Trinajstić information content (AvgIpc) is 3.05. The molecule has 0 radical (unpaired) electrons. The fourth-order valence-electron chi connectivity index (χ4n) is 4.57. The van der Waals surface area contributed by atoms with E-state index in [1.165, 1.54) is 7.11 Å². The van der Waals surface area contributed by atoms with Gasteiger partial charge in [0.15, 0.2) is 17.1 Å². The van der Waals surface area contributed by atoms with E-state index < -0.39 is 0 Å². The number of fused-ring (bicyclic) bond motifs is 1. The van der Waals surface area contributed by atoms with Crippen molar-refractivity contribution in [3.63, 3.8) is 0 Å². The van der Waals surface area contributed by atoms with Gasteiger partial charge in [-0.3, -0.25) is 9.69 Å². The quantitative estimate of drug-likeness (QED) is 0.161. The highest BCUT2D eigenvalue weighted by atomic mass is 35.5. The average molecular weight is 612 g/mol. The molecule has 43 heavy (non-hydrogen) atoms. The number of nitrogens with zero attached hydrogens (tertiary/aromatic N) is 1. The van der Waals surface area contributed by atoms with Crippen LogP contribution >= 0.6 is 12.4 Å². The van der Waals surface area contributed by atoms with Gasteiger partial charge >= 0.3 is 0 Å². The molecule has 1 aromatic heterocycles. The van der Waals surface area contributed by atoms with Gasteiger partial charge < -0.3 is 28.1 Å². The first kappa shape index (κ1) is 33.8. The van der Waals surface area contributed by atoms with Crippen LogP contribution in [0.15, 0.2) is 82.0 Å². The van der Waals surface area contributed by atoms with E-state index in [-0.39, 0.29) is 23.6 Å². The molecule has 0 saturated carbocycles. The molecule has 1 aliphatic rings. The van der Waals surface area contributed by atoms with Gasteiger partial charge in [-0.2, -0.15) is 0 Å². The highest BCUT2D eigenvalue weighted by Gasteiger charge is 2.18. The van der Waals surface area contributed by atoms with Crippen LogP contribution in [0.25, 0.3) is 22.3 Å². The number of benzene rings is 3. The Morgan fingerprint density at radius 1 is 0.791 bits per heavy atom. The van der Waals surface area contributed by atoms with Gasteiger partial charge in [0.2, 0.25) is 11.2 Å². The van der Waals surface area contributed by atoms with Crippen molar-refractivity contribution >= 4 is 23.4 Å². The van der Waals surface area contributed by atoms with Crippen molar-refractivity contribution in [3.8, 4) is 34.3 Å². The number of halogens is 1. The highest BCUT2D eigenvalue weighted by Crippen LogP contribution is 2.33. The van der Waals surface area contributed by atoms with Crippen LogP contribution < -0.4 is 24.4 Å². The molecule has 9 heteroatoms. The van der Waals surface area contributed by atoms with Crippen LogP contribution in [0.5, 0.6) is 23.0 Å². The van der Waals surface area contributed by atoms with Gasteiger partial charge in [-0.25, -0.2) is 0 Å². The Bertz CT molecular complexity index is 1420. The first-order chi connectivity index (χ1) is 20.6. The number of ether oxygens (including phenoxy) is 5. The zero-order chi connectivity index (χ0) is 29.6. The van der Waals surface area contributed by atoms with Crippen molar-refractivity contribution in [2.45, 2.75) is 26.2 Å². The van der Waals surface area contributed by atoms with Gasteiger partial charge in [-0.05, 0) is 49.2 Å². The third kappa shape index (κ3) is 9.64. The first-order valence-electron chi connectivity index (χ1n) is 14.5. The minimum Gasteiger partial charge on any atom is -0.494 e. The topological polar surface area (TPSA) is 79.6 Å². The Kier molecular flexibility index (Phi) is 14.2. The third-order valence-electron chi connectivity index (χ3n) is 6.88. The van der Waals surface area contributed by atoms with E-state index in [9.17, 15) is 4.79 Å². The number of morpholine rings is 1. The number of hydrogen-bond donors (Lipinski definition) is 0. The molecule has 232 valence electrons. The summed E-state index contributed by atoms with van der Waals surface area (Å²) in [7, 11) is 3.01. The number of unbranched alkanes of at least 4 members (excludes halogenated alkanes) is 1. The molecule has 0 unspecified atom stereocenters. The van der Waals surface area contributed by atoms with Crippen LogP contribution in [-0.2, 0) is 4.74 Å². The van der Waals surface area contributed by atoms with Crippen LogP contribution in [0.2, 0.25) is 0 Å². The summed E-state index contributed by atoms with van der Waals surface area (Å²) in [5.74, 6) is 2.95. The van der Waals surface area contributed by atoms with Gasteiger partial charge in [0.25, 0.3) is 0 Å². The fourth-order valence-corrected chi connectivity index (χ4v) is 4.57. The van der Waals surface area contributed by atoms with Crippen molar-refractivity contribution < 1.29 is 28.1 Å². The maximum atomic E-state index is 12.6. The maximum absolute atomic E-state index is 12.6. The van der Waals surface area contributed by atoms with Crippen molar-refractivity contribution in [2.75, 3.05) is 60.3 Å². The molecule has 4 aromatic rings. The Balaban J connectivity index is 0.000000230. The number of rotatable bonds is 12. The van der Waals surface area contributed by atoms with Gasteiger partial charge in [0.1, 0.15) is 11.5 Å². The largest absolute Gasteiger partial charge is 0.494 e. The lowest BCUT2D eigenvalue weighted by Gasteiger charge is -2.26. The lowest BCUT2D eigenvalue weighted by Crippen LogP contribution is -2.37. The van der Waals surface area contributed by atoms with Crippen LogP contribution in [0.3, 0.4) is 0 Å². The molecule has 1 saturated heterocycles. The fraction of sp³-hybridized carbons (Fsp3) is 0.382. The Morgan fingerprint density at radius 2 is 1.44 bits per heavy atom. The zero-order valence-corrected chi connectivity index (χ0v) is 26.0. The highest BCUT2D eigenvalue weighted by molar-refractivity contribution is 5.86. The molecule has 0 amide bonds. The molecule has 3 aromatic carbocycles. The SMILES string of the molecule is CCCCOc1ccc(OCCCN2CCOCC2)cc1.COc1c(-c2ccccc2)oc2c(OC)cccc2c1=O.Cl. The smallest absolute Gasteiger partial charge is 0.235 e. The van der Waals surface area contributed by atoms with Crippen molar-refractivity contribution in [3.05, 3.63) is 83.0 Å². The Hall–Kier alpha value is -3.72. The monoisotopic (exact) mass is 611 g/mol. The summed E-state index contributed by atoms with van der Waals surface area (Å²) in [5.41, 5.74) is 0.986. The lowest BCUT2D eigenvalue weighted by atomic mass is 10.1. The van der Waals surface area contributed by atoms with Crippen LogP contribution in [0.4, 0.5) is 0 Å². The second-order valence-corrected chi connectivity index (χ2v) is 9.83. The van der Waals surface area contributed by atoms with Crippen molar-refractivity contribution in [1.29, 1.82) is 0 Å². The molecule has 5 rings (SSSR count). The minimum absolute atomic E-state index is 0. The molecular formula is C34H42ClNO7. The molecule has 2 heterocycles. The summed E-state index contributed by atoms with van der Waals surface area (Å²) in [6, 6.07) is 22.5. The molecule has 8 nitrogen and oxygen atoms in total. The predicted octanol–water partition coefficient (Wildman–Crippen LogP) is 6.87. The molecular weight excluding hydrogens is 570 g/mol. The van der Waals surface area contributed by atoms with E-state index in [0.717, 1.165) is 82.4 Å². The van der Waals surface area contributed by atoms with Crippen molar-refractivity contribution in [1.82, 2.24) is 4.90 Å². The van der Waals surface area contributed by atoms with Gasteiger partial charge in [0, 0.05) is 25.2 Å². The summed E-state index contributed by atoms with van der Waals surface area (Å²) in [5, 5.41) is 0.436. The van der Waals surface area contributed by atoms with E-state index in [1.54, 1.807) is 25.3 Å². The summed E-state index contributed by atoms with van der Waals surface area (Å²) >= 11 is 0. The van der Waals surface area contributed by atoms with Gasteiger partial charge in [0.05, 0.1) is 46.0 Å². The second-order valence-electron chi connectivity index (χ2n) is 9.83. The van der Waals surface area contributed by atoms with Crippen LogP contribution in [-0.4, -0.2) is 65.2 Å². The zero-order valence-electron chi connectivity index (χ0n) is 25.2. The molecule has 0 aliphatic carbocycles. The summed E-state index contributed by atoms with van der Waals surface area (Å²) in [6.07, 6.45) is 3.30. The molecule has 1 aliphatic heterocycles. The predicted molar refractivity (Wildman–Crippen MR) is 172 cm³/mol. The molecule has 0 N–H and O–H groups in total. The Labute approximate surface area is 259 Å². The van der Waals surface area contributed by atoms with Crippen LogP contribution in [0.1, 0.15) is 26.2 Å². The first-order valence-corrected chi connectivity index (χ1v) is 14.5. The third-order valence-corrected chi connectivity index (χ3v) is 6.88. The Morgan fingerprint density at radius 3 is 2.05 bits per heavy atom. The molecule has 0 bridgehead atoms. The van der Waals surface area contributed by atoms with Crippen LogP contribution in [0, 0.1) is 0 Å². The van der Waals surface area contributed by atoms with E-state index >= 15 is 0 Å². The molecule has 1 fully saturated rings. The number of methoxy groups -OCH3 is 2. The van der Waals surface area contributed by atoms with E-state index in [4.69, 9.17) is 28.1 Å². The number of hydrogen-bond acceptors (Lipinski definition) is 8. The maximum Gasteiger partial charge on any atom is 0.235 e. The minimum atomic E-state index is -0.212. The molecule has 0 spiro atoms. The van der Waals surface area contributed by atoms with Crippen molar-refractivity contribution in [2.24, 2.45) is 0 Å². The van der Waals surface area contributed by atoms with E-state index in [2.05, 4.69) is 11.8 Å². The lowest BCUT2D eigenvalue weighted by molar-refractivity contribution is 0.0358. The molecule has 0 atom stereocenters. The van der Waals surface area contributed by atoms with Gasteiger partial charge in [-0.15, -0.1) is 12.4 Å².